The van der Waals surface area contributed by atoms with Gasteiger partial charge in [0.2, 0.25) is 0 Å². The average molecular weight is 530 g/mol. The topological polar surface area (TPSA) is 74.8 Å². The van der Waals surface area contributed by atoms with Crippen LogP contribution in [-0.4, -0.2) is 44.7 Å². The lowest BCUT2D eigenvalue weighted by atomic mass is 9.67. The number of carbonyl (C=O) groups excluding carboxylic acids is 1. The van der Waals surface area contributed by atoms with Gasteiger partial charge in [-0.05, 0) is 62.6 Å². The van der Waals surface area contributed by atoms with Gasteiger partial charge >= 0.3 is 0 Å². The van der Waals surface area contributed by atoms with Gasteiger partial charge in [-0.15, -0.1) is 24.0 Å². The Labute approximate surface area is 199 Å². The molecule has 6 nitrogen and oxygen atoms in total. The van der Waals surface area contributed by atoms with Crippen LogP contribution in [0.2, 0.25) is 0 Å². The molecule has 1 unspecified atom stereocenters. The molecule has 1 aliphatic carbocycles. The Morgan fingerprint density at radius 3 is 2.63 bits per heavy atom. The third-order valence-corrected chi connectivity index (χ3v) is 5.82. The van der Waals surface area contributed by atoms with Crippen LogP contribution in [0.5, 0.6) is 0 Å². The molecule has 0 heterocycles. The van der Waals surface area contributed by atoms with E-state index in [-0.39, 0.29) is 35.9 Å². The first-order valence-electron chi connectivity index (χ1n) is 10.9. The maximum Gasteiger partial charge on any atom is 0.251 e. The standard InChI is InChI=1S/C23H38N4O2.HI/c1-5-18(3)27-21(28)20-10-7-9-19(15-20)16-25-22(24-6-2)26-17-23(11-8-12-23)13-14-29-4;/h7,9-10,15,18H,5-6,8,11-14,16-17H2,1-4H3,(H,27,28)(H2,24,25,26);1H. The van der Waals surface area contributed by atoms with Gasteiger partial charge in [0.25, 0.3) is 5.91 Å². The Hall–Kier alpha value is -1.35. The number of methoxy groups -OCH3 is 1. The summed E-state index contributed by atoms with van der Waals surface area (Å²) in [5.74, 6) is 0.797. The van der Waals surface area contributed by atoms with Crippen molar-refractivity contribution in [1.82, 2.24) is 16.0 Å². The second-order valence-electron chi connectivity index (χ2n) is 8.13. The van der Waals surface area contributed by atoms with Crippen LogP contribution in [0, 0.1) is 5.41 Å². The molecule has 7 heteroatoms. The highest BCUT2D eigenvalue weighted by atomic mass is 127. The molecular weight excluding hydrogens is 491 g/mol. The number of amides is 1. The van der Waals surface area contributed by atoms with Crippen molar-refractivity contribution >= 4 is 35.8 Å². The van der Waals surface area contributed by atoms with Crippen molar-refractivity contribution in [1.29, 1.82) is 0 Å². The Kier molecular flexibility index (Phi) is 12.3. The molecule has 1 amide bonds. The van der Waals surface area contributed by atoms with Gasteiger partial charge in [0.05, 0.1) is 6.54 Å². The summed E-state index contributed by atoms with van der Waals surface area (Å²) in [6.45, 7) is 9.22. The lowest BCUT2D eigenvalue weighted by Gasteiger charge is -2.42. The van der Waals surface area contributed by atoms with Crippen LogP contribution in [0.1, 0.15) is 68.8 Å². The molecule has 1 atom stereocenters. The monoisotopic (exact) mass is 530 g/mol. The molecule has 2 rings (SSSR count). The largest absolute Gasteiger partial charge is 0.385 e. The van der Waals surface area contributed by atoms with Crippen LogP contribution >= 0.6 is 24.0 Å². The SMILES string of the molecule is CCNC(=NCc1cccc(C(=O)NC(C)CC)c1)NCC1(CCOC)CCC1.I. The number of carbonyl (C=O) groups is 1. The molecule has 1 aromatic rings. The normalized spacial score (nSPS) is 16.1. The Bertz CT molecular complexity index is 677. The second kappa shape index (κ2) is 13.9. The smallest absolute Gasteiger partial charge is 0.251 e. The Morgan fingerprint density at radius 2 is 2.03 bits per heavy atom. The minimum Gasteiger partial charge on any atom is -0.385 e. The maximum absolute atomic E-state index is 12.4. The number of hydrogen-bond donors (Lipinski definition) is 3. The molecule has 1 fully saturated rings. The summed E-state index contributed by atoms with van der Waals surface area (Å²) >= 11 is 0. The Morgan fingerprint density at radius 1 is 1.27 bits per heavy atom. The molecule has 0 spiro atoms. The van der Waals surface area contributed by atoms with Gasteiger partial charge in [0.15, 0.2) is 5.96 Å². The van der Waals surface area contributed by atoms with E-state index >= 15 is 0 Å². The number of halogens is 1. The molecule has 170 valence electrons. The summed E-state index contributed by atoms with van der Waals surface area (Å²) < 4.78 is 5.29. The van der Waals surface area contributed by atoms with Gasteiger partial charge in [0.1, 0.15) is 0 Å². The molecule has 0 radical (unpaired) electrons. The highest BCUT2D eigenvalue weighted by Gasteiger charge is 2.36. The van der Waals surface area contributed by atoms with E-state index in [9.17, 15) is 4.79 Å². The van der Waals surface area contributed by atoms with Crippen molar-refractivity contribution < 1.29 is 9.53 Å². The summed E-state index contributed by atoms with van der Waals surface area (Å²) in [7, 11) is 1.77. The lowest BCUT2D eigenvalue weighted by molar-refractivity contribution is 0.0732. The van der Waals surface area contributed by atoms with Gasteiger partial charge in [-0.1, -0.05) is 25.5 Å². The van der Waals surface area contributed by atoms with Crippen molar-refractivity contribution in [3.8, 4) is 0 Å². The van der Waals surface area contributed by atoms with E-state index in [0.29, 0.717) is 17.5 Å². The molecule has 0 aromatic heterocycles. The molecule has 1 aliphatic rings. The molecule has 1 saturated carbocycles. The summed E-state index contributed by atoms with van der Waals surface area (Å²) in [6.07, 6.45) is 5.79. The zero-order chi connectivity index (χ0) is 21.1. The van der Waals surface area contributed by atoms with E-state index in [0.717, 1.165) is 44.1 Å². The van der Waals surface area contributed by atoms with Gasteiger partial charge in [-0.2, -0.15) is 0 Å². The van der Waals surface area contributed by atoms with Crippen LogP contribution < -0.4 is 16.0 Å². The number of nitrogens with one attached hydrogen (secondary N) is 3. The molecule has 1 aromatic carbocycles. The highest BCUT2D eigenvalue weighted by molar-refractivity contribution is 14.0. The summed E-state index contributed by atoms with van der Waals surface area (Å²) in [5, 5.41) is 9.86. The molecule has 30 heavy (non-hydrogen) atoms. The summed E-state index contributed by atoms with van der Waals surface area (Å²) in [4.78, 5) is 17.1. The first-order chi connectivity index (χ1) is 14.0. The number of rotatable bonds is 11. The van der Waals surface area contributed by atoms with Crippen molar-refractivity contribution in [2.24, 2.45) is 10.4 Å². The average Bonchev–Trinajstić information content (AvgIpc) is 2.70. The van der Waals surface area contributed by atoms with Crippen LogP contribution in [0.4, 0.5) is 0 Å². The summed E-state index contributed by atoms with van der Waals surface area (Å²) in [6, 6.07) is 7.89. The molecule has 3 N–H and O–H groups in total. The quantitative estimate of drug-likeness (QED) is 0.229. The number of guanidine groups is 1. The molecule has 0 aliphatic heterocycles. The zero-order valence-corrected chi connectivity index (χ0v) is 21.3. The van der Waals surface area contributed by atoms with Gasteiger partial charge in [-0.3, -0.25) is 4.79 Å². The predicted molar refractivity (Wildman–Crippen MR) is 135 cm³/mol. The van der Waals surface area contributed by atoms with Crippen LogP contribution in [-0.2, 0) is 11.3 Å². The van der Waals surface area contributed by atoms with Gasteiger partial charge in [-0.25, -0.2) is 4.99 Å². The highest BCUT2D eigenvalue weighted by Crippen LogP contribution is 2.43. The number of ether oxygens (including phenoxy) is 1. The number of benzene rings is 1. The third kappa shape index (κ3) is 8.41. The zero-order valence-electron chi connectivity index (χ0n) is 18.9. The first kappa shape index (κ1) is 26.7. The van der Waals surface area contributed by atoms with Crippen molar-refractivity contribution in [3.63, 3.8) is 0 Å². The van der Waals surface area contributed by atoms with Crippen LogP contribution in [0.15, 0.2) is 29.3 Å². The van der Waals surface area contributed by atoms with E-state index in [1.54, 1.807) is 7.11 Å². The maximum atomic E-state index is 12.4. The fourth-order valence-corrected chi connectivity index (χ4v) is 3.51. The fraction of sp³-hybridized carbons (Fsp3) is 0.652. The van der Waals surface area contributed by atoms with E-state index in [2.05, 4.69) is 29.8 Å². The van der Waals surface area contributed by atoms with E-state index in [4.69, 9.17) is 9.73 Å². The van der Waals surface area contributed by atoms with Crippen LogP contribution in [0.3, 0.4) is 0 Å². The van der Waals surface area contributed by atoms with E-state index in [1.165, 1.54) is 19.3 Å². The van der Waals surface area contributed by atoms with E-state index < -0.39 is 0 Å². The van der Waals surface area contributed by atoms with Crippen molar-refractivity contribution in [3.05, 3.63) is 35.4 Å². The predicted octanol–water partition coefficient (Wildman–Crippen LogP) is 4.09. The number of aliphatic imine (C=N–C) groups is 1. The first-order valence-corrected chi connectivity index (χ1v) is 10.9. The number of hydrogen-bond acceptors (Lipinski definition) is 3. The lowest BCUT2D eigenvalue weighted by Crippen LogP contribution is -2.46. The second-order valence-corrected chi connectivity index (χ2v) is 8.13. The van der Waals surface area contributed by atoms with Crippen molar-refractivity contribution in [2.75, 3.05) is 26.8 Å². The molecule has 0 saturated heterocycles. The van der Waals surface area contributed by atoms with Gasteiger partial charge in [0, 0.05) is 38.4 Å². The van der Waals surface area contributed by atoms with E-state index in [1.807, 2.05) is 31.2 Å². The Balaban J connectivity index is 0.00000450. The van der Waals surface area contributed by atoms with Gasteiger partial charge < -0.3 is 20.7 Å². The minimum absolute atomic E-state index is 0. The minimum atomic E-state index is -0.0275. The van der Waals surface area contributed by atoms with Crippen molar-refractivity contribution in [2.45, 2.75) is 65.5 Å². The summed E-state index contributed by atoms with van der Waals surface area (Å²) in [5.41, 5.74) is 2.04. The molecule has 0 bridgehead atoms. The fourth-order valence-electron chi connectivity index (χ4n) is 3.51. The third-order valence-electron chi connectivity index (χ3n) is 5.82. The van der Waals surface area contributed by atoms with Crippen LogP contribution in [0.25, 0.3) is 0 Å². The molecular formula is C23H39IN4O2. The number of nitrogens with zero attached hydrogens (tertiary/aromatic N) is 1.